The van der Waals surface area contributed by atoms with Gasteiger partial charge in [0, 0.05) is 17.8 Å². The Morgan fingerprint density at radius 2 is 1.85 bits per heavy atom. The van der Waals surface area contributed by atoms with E-state index in [-0.39, 0.29) is 42.7 Å². The number of carbonyl (C=O) groups excluding carboxylic acids is 4. The van der Waals surface area contributed by atoms with Gasteiger partial charge in [-0.1, -0.05) is 89.6 Å². The molecule has 2 bridgehead atoms. The van der Waals surface area contributed by atoms with Crippen molar-refractivity contribution in [3.63, 3.8) is 0 Å². The molecule has 4 heterocycles. The molecule has 53 heavy (non-hydrogen) atoms. The number of nitrogens with zero attached hydrogens (tertiary/aromatic N) is 5. The van der Waals surface area contributed by atoms with Crippen molar-refractivity contribution in [2.24, 2.45) is 17.8 Å². The van der Waals surface area contributed by atoms with Gasteiger partial charge in [-0.3, -0.25) is 19.2 Å². The van der Waals surface area contributed by atoms with Crippen LogP contribution in [-0.4, -0.2) is 101 Å². The molecule has 3 fully saturated rings. The van der Waals surface area contributed by atoms with Gasteiger partial charge >= 0.3 is 5.97 Å². The molecule has 282 valence electrons. The van der Waals surface area contributed by atoms with Crippen LogP contribution in [0.3, 0.4) is 0 Å². The first-order valence-electron chi connectivity index (χ1n) is 18.1. The van der Waals surface area contributed by atoms with E-state index in [1.54, 1.807) is 28.7 Å². The number of carbonyl (C=O) groups is 4. The highest BCUT2D eigenvalue weighted by molar-refractivity contribution is 9.09. The van der Waals surface area contributed by atoms with Crippen molar-refractivity contribution in [2.45, 2.75) is 87.5 Å². The Bertz CT molecular complexity index is 1850. The van der Waals surface area contributed by atoms with Crippen LogP contribution in [0.2, 0.25) is 0 Å². The smallest absolute Gasteiger partial charge is 0.313 e. The number of aliphatic hydroxyl groups is 1. The Morgan fingerprint density at radius 1 is 1.13 bits per heavy atom. The Hall–Kier alpha value is -4.40. The van der Waals surface area contributed by atoms with Crippen molar-refractivity contribution in [1.82, 2.24) is 30.1 Å². The number of hydrogen-bond donors (Lipinski definition) is 2. The predicted molar refractivity (Wildman–Crippen MR) is 200 cm³/mol. The molecule has 1 spiro atoms. The zero-order chi connectivity index (χ0) is 38.0. The second kappa shape index (κ2) is 15.9. The van der Waals surface area contributed by atoms with Gasteiger partial charge in [0.15, 0.2) is 0 Å². The molecule has 3 amide bonds. The molecule has 2 aromatic carbocycles. The molecule has 1 unspecified atom stereocenters. The summed E-state index contributed by atoms with van der Waals surface area (Å²) in [5, 5.41) is 22.2. The molecule has 1 aromatic heterocycles. The van der Waals surface area contributed by atoms with Gasteiger partial charge in [0.05, 0.1) is 42.1 Å². The number of halogens is 1. The number of alkyl halides is 1. The van der Waals surface area contributed by atoms with Crippen LogP contribution in [-0.2, 0) is 35.3 Å². The van der Waals surface area contributed by atoms with E-state index in [1.807, 2.05) is 68.4 Å². The third-order valence-corrected chi connectivity index (χ3v) is 11.6. The number of aromatic nitrogens is 3. The summed E-state index contributed by atoms with van der Waals surface area (Å²) in [6.07, 6.45) is 2.60. The fourth-order valence-electron chi connectivity index (χ4n) is 8.26. The van der Waals surface area contributed by atoms with Gasteiger partial charge < -0.3 is 29.7 Å². The average Bonchev–Trinajstić information content (AvgIpc) is 3.87. The standard InChI is InChI=1S/C39H47BrN6O7/c1-6-8-18-30(48)41-24(5)33(25-14-10-9-11-15-25)52-38(51)31-32-36(49)46(29(21-47)23(3)4)35(39(32)20-26(40)34(31)53-39)37(50)44(19-7-2)22-45-28-17-13-12-16-27(28)42-43-45/h6-7,9-17,23-24,26,29,31-35,47H,1-2,8,18-22H2,3-5H3,(H,41,48)/t24-,26?,29+,31-,32+,33-,34-,35-,39+/m1/s1. The number of ether oxygens (including phenoxy) is 2. The van der Waals surface area contributed by atoms with Crippen molar-refractivity contribution < 1.29 is 33.8 Å². The third kappa shape index (κ3) is 7.04. The van der Waals surface area contributed by atoms with E-state index in [4.69, 9.17) is 9.47 Å². The molecule has 3 aromatic rings. The number of likely N-dealkylation sites (tertiary alicyclic amines) is 1. The topological polar surface area (TPSA) is 156 Å². The monoisotopic (exact) mass is 790 g/mol. The Labute approximate surface area is 317 Å². The van der Waals surface area contributed by atoms with Crippen LogP contribution in [0.5, 0.6) is 0 Å². The van der Waals surface area contributed by atoms with Crippen molar-refractivity contribution in [1.29, 1.82) is 0 Å². The van der Waals surface area contributed by atoms with Crippen molar-refractivity contribution >= 4 is 50.7 Å². The lowest BCUT2D eigenvalue weighted by atomic mass is 9.70. The number of aliphatic hydroxyl groups excluding tert-OH is 1. The van der Waals surface area contributed by atoms with Crippen molar-refractivity contribution in [2.75, 3.05) is 13.2 Å². The van der Waals surface area contributed by atoms with E-state index < -0.39 is 72.2 Å². The summed E-state index contributed by atoms with van der Waals surface area (Å²) in [5.41, 5.74) is 0.645. The minimum Gasteiger partial charge on any atom is -0.455 e. The van der Waals surface area contributed by atoms with Crippen LogP contribution in [0.15, 0.2) is 79.9 Å². The van der Waals surface area contributed by atoms with Crippen LogP contribution >= 0.6 is 15.9 Å². The number of rotatable bonds is 16. The normalized spacial score (nSPS) is 26.3. The van der Waals surface area contributed by atoms with Gasteiger partial charge in [0.2, 0.25) is 17.7 Å². The van der Waals surface area contributed by atoms with E-state index in [1.165, 1.54) is 4.90 Å². The minimum absolute atomic E-state index is 0.0118. The number of benzene rings is 2. The second-order valence-electron chi connectivity index (χ2n) is 14.4. The van der Waals surface area contributed by atoms with Crippen LogP contribution in [0.25, 0.3) is 11.0 Å². The highest BCUT2D eigenvalue weighted by Crippen LogP contribution is 2.61. The number of allylic oxidation sites excluding steroid dienone is 1. The lowest BCUT2D eigenvalue weighted by Gasteiger charge is -2.40. The van der Waals surface area contributed by atoms with Gasteiger partial charge in [0.25, 0.3) is 0 Å². The number of esters is 1. The lowest BCUT2D eigenvalue weighted by Crippen LogP contribution is -2.60. The van der Waals surface area contributed by atoms with E-state index in [2.05, 4.69) is 44.7 Å². The van der Waals surface area contributed by atoms with Crippen LogP contribution in [0, 0.1) is 17.8 Å². The summed E-state index contributed by atoms with van der Waals surface area (Å²) in [6.45, 7) is 12.8. The first kappa shape index (κ1) is 38.3. The maximum Gasteiger partial charge on any atom is 0.313 e. The van der Waals surface area contributed by atoms with Gasteiger partial charge in [-0.2, -0.15) is 0 Å². The predicted octanol–water partition coefficient (Wildman–Crippen LogP) is 3.92. The fourth-order valence-corrected chi connectivity index (χ4v) is 9.21. The third-order valence-electron chi connectivity index (χ3n) is 10.7. The van der Waals surface area contributed by atoms with E-state index >= 15 is 4.79 Å². The maximum atomic E-state index is 15.0. The van der Waals surface area contributed by atoms with Crippen molar-refractivity contribution in [3.8, 4) is 0 Å². The molecule has 0 radical (unpaired) electrons. The summed E-state index contributed by atoms with van der Waals surface area (Å²) >= 11 is 3.73. The van der Waals surface area contributed by atoms with Crippen LogP contribution < -0.4 is 5.32 Å². The van der Waals surface area contributed by atoms with Gasteiger partial charge in [0.1, 0.15) is 29.9 Å². The highest BCUT2D eigenvalue weighted by atomic mass is 79.9. The molecule has 0 saturated carbocycles. The molecule has 6 rings (SSSR count). The number of hydrogen-bond acceptors (Lipinski definition) is 9. The van der Waals surface area contributed by atoms with Crippen LogP contribution in [0.4, 0.5) is 0 Å². The first-order chi connectivity index (χ1) is 25.5. The van der Waals surface area contributed by atoms with Gasteiger partial charge in [-0.15, -0.1) is 18.3 Å². The molecule has 3 saturated heterocycles. The van der Waals surface area contributed by atoms with Crippen LogP contribution in [0.1, 0.15) is 51.7 Å². The number of fused-ring (bicyclic) bond motifs is 2. The molecule has 3 aliphatic rings. The Morgan fingerprint density at radius 3 is 2.53 bits per heavy atom. The Kier molecular flexibility index (Phi) is 11.5. The number of para-hydroxylation sites is 1. The molecule has 14 heteroatoms. The molecule has 9 atom stereocenters. The Balaban J connectivity index is 1.36. The zero-order valence-corrected chi connectivity index (χ0v) is 31.8. The van der Waals surface area contributed by atoms with Crippen molar-refractivity contribution in [3.05, 3.63) is 85.5 Å². The molecular formula is C39H47BrN6O7. The number of nitrogens with one attached hydrogen (secondary N) is 1. The van der Waals surface area contributed by atoms with E-state index in [9.17, 15) is 19.5 Å². The SMILES string of the molecule is C=CCCC(=O)N[C@H](C)[C@@H](OC(=O)[C@H]1[C@@H]2O[C@@]3(CC2Br)[C@@H]1C(=O)N([C@@H](CO)C(C)C)[C@@H]3C(=O)N(CC=C)Cn1nnc2ccccc21)c1ccccc1. The molecule has 0 aliphatic carbocycles. The van der Waals surface area contributed by atoms with E-state index in [0.717, 1.165) is 5.52 Å². The van der Waals surface area contributed by atoms with Gasteiger partial charge in [-0.05, 0) is 43.4 Å². The summed E-state index contributed by atoms with van der Waals surface area (Å²) in [7, 11) is 0. The second-order valence-corrected chi connectivity index (χ2v) is 15.6. The summed E-state index contributed by atoms with van der Waals surface area (Å²) in [5.74, 6) is -4.14. The molecular weight excluding hydrogens is 744 g/mol. The largest absolute Gasteiger partial charge is 0.455 e. The average molecular weight is 792 g/mol. The maximum absolute atomic E-state index is 15.0. The lowest BCUT2D eigenvalue weighted by molar-refractivity contribution is -0.163. The first-order valence-corrected chi connectivity index (χ1v) is 19.0. The fraction of sp³-hybridized carbons (Fsp3) is 0.487. The van der Waals surface area contributed by atoms with Gasteiger partial charge in [-0.25, -0.2) is 4.68 Å². The summed E-state index contributed by atoms with van der Waals surface area (Å²) in [4.78, 5) is 59.7. The quantitative estimate of drug-likeness (QED) is 0.125. The molecule has 13 nitrogen and oxygen atoms in total. The summed E-state index contributed by atoms with van der Waals surface area (Å²) in [6, 6.07) is 14.0. The molecule has 2 N–H and O–H groups in total. The minimum atomic E-state index is -1.41. The number of amides is 3. The highest BCUT2D eigenvalue weighted by Gasteiger charge is 2.77. The zero-order valence-electron chi connectivity index (χ0n) is 30.2. The molecule has 3 aliphatic heterocycles. The van der Waals surface area contributed by atoms with E-state index in [0.29, 0.717) is 17.5 Å². The summed E-state index contributed by atoms with van der Waals surface area (Å²) < 4.78 is 14.6.